The van der Waals surface area contributed by atoms with E-state index in [-0.39, 0.29) is 0 Å². The minimum Gasteiger partial charge on any atom is -0.339 e. The van der Waals surface area contributed by atoms with Crippen molar-refractivity contribution in [1.29, 1.82) is 0 Å². The molecule has 1 fully saturated rings. The molecular weight excluding hydrogens is 330 g/mol. The summed E-state index contributed by atoms with van der Waals surface area (Å²) in [6.45, 7) is 4.10. The lowest BCUT2D eigenvalue weighted by Gasteiger charge is -2.26. The van der Waals surface area contributed by atoms with Crippen molar-refractivity contribution in [3.05, 3.63) is 34.4 Å². The number of nitrogens with zero attached hydrogens (tertiary/aromatic N) is 4. The summed E-state index contributed by atoms with van der Waals surface area (Å²) < 4.78 is 1.07. The number of piperidine rings is 1. The Morgan fingerprint density at radius 1 is 1.19 bits per heavy atom. The van der Waals surface area contributed by atoms with E-state index in [0.29, 0.717) is 0 Å². The fraction of sp³-hybridized carbons (Fsp3) is 0.400. The predicted molar refractivity (Wildman–Crippen MR) is 88.1 cm³/mol. The fourth-order valence-corrected chi connectivity index (χ4v) is 2.96. The Morgan fingerprint density at radius 3 is 2.76 bits per heavy atom. The Labute approximate surface area is 132 Å². The van der Waals surface area contributed by atoms with Gasteiger partial charge in [-0.05, 0) is 49.9 Å². The molecule has 1 saturated heterocycles. The Bertz CT molecular complexity index is 625. The van der Waals surface area contributed by atoms with Crippen LogP contribution in [0.25, 0.3) is 0 Å². The molecule has 5 nitrogen and oxygen atoms in total. The zero-order valence-electron chi connectivity index (χ0n) is 12.0. The number of rotatable bonds is 3. The van der Waals surface area contributed by atoms with Crippen LogP contribution in [0.15, 0.2) is 28.9 Å². The third-order valence-electron chi connectivity index (χ3n) is 3.64. The minimum absolute atomic E-state index is 0.717. The van der Waals surface area contributed by atoms with E-state index in [1.54, 1.807) is 6.20 Å². The van der Waals surface area contributed by atoms with Gasteiger partial charge in [0.25, 0.3) is 0 Å². The van der Waals surface area contributed by atoms with Crippen LogP contribution >= 0.6 is 15.9 Å². The first-order valence-electron chi connectivity index (χ1n) is 7.20. The summed E-state index contributed by atoms with van der Waals surface area (Å²) in [5.41, 5.74) is 2.19. The van der Waals surface area contributed by atoms with Crippen molar-refractivity contribution in [3.63, 3.8) is 0 Å². The smallest absolute Gasteiger partial charge is 0.247 e. The van der Waals surface area contributed by atoms with E-state index in [0.717, 1.165) is 40.6 Å². The average molecular weight is 348 g/mol. The van der Waals surface area contributed by atoms with Crippen LogP contribution < -0.4 is 10.2 Å². The minimum atomic E-state index is 0.717. The van der Waals surface area contributed by atoms with Gasteiger partial charge in [0.15, 0.2) is 5.82 Å². The highest BCUT2D eigenvalue weighted by Crippen LogP contribution is 2.23. The topological polar surface area (TPSA) is 53.9 Å². The molecule has 110 valence electrons. The molecule has 0 radical (unpaired) electrons. The molecule has 6 heteroatoms. The van der Waals surface area contributed by atoms with Crippen LogP contribution in [0.2, 0.25) is 0 Å². The normalized spacial score (nSPS) is 15.0. The van der Waals surface area contributed by atoms with Crippen LogP contribution in [-0.4, -0.2) is 28.3 Å². The van der Waals surface area contributed by atoms with Crippen LogP contribution in [0.5, 0.6) is 0 Å². The summed E-state index contributed by atoms with van der Waals surface area (Å²) >= 11 is 3.47. The van der Waals surface area contributed by atoms with Crippen molar-refractivity contribution in [1.82, 2.24) is 15.2 Å². The molecule has 0 atom stereocenters. The van der Waals surface area contributed by atoms with E-state index in [4.69, 9.17) is 0 Å². The van der Waals surface area contributed by atoms with Crippen LogP contribution in [0.1, 0.15) is 24.8 Å². The first-order chi connectivity index (χ1) is 10.2. The lowest BCUT2D eigenvalue weighted by molar-refractivity contribution is 0.565. The van der Waals surface area contributed by atoms with Gasteiger partial charge >= 0.3 is 0 Å². The molecule has 0 aliphatic carbocycles. The van der Waals surface area contributed by atoms with Crippen molar-refractivity contribution >= 4 is 33.4 Å². The van der Waals surface area contributed by atoms with Crippen LogP contribution in [0.3, 0.4) is 0 Å². The van der Waals surface area contributed by atoms with Gasteiger partial charge in [0.05, 0.1) is 6.20 Å². The second kappa shape index (κ2) is 6.39. The molecule has 3 rings (SSSR count). The third-order valence-corrected chi connectivity index (χ3v) is 4.13. The molecule has 0 saturated carbocycles. The summed E-state index contributed by atoms with van der Waals surface area (Å²) in [5, 5.41) is 11.6. The van der Waals surface area contributed by atoms with Gasteiger partial charge in [-0.3, -0.25) is 0 Å². The molecule has 0 amide bonds. The Hall–Kier alpha value is -1.69. The standard InChI is InChI=1S/C15H18BrN5/c1-11-9-12(16)5-6-13(11)18-14-10-17-20-15(19-14)21-7-3-2-4-8-21/h5-6,9-10H,2-4,7-8H2,1H3,(H,18,19,20). The van der Waals surface area contributed by atoms with E-state index in [2.05, 4.69) is 54.3 Å². The van der Waals surface area contributed by atoms with Crippen molar-refractivity contribution in [2.24, 2.45) is 0 Å². The van der Waals surface area contributed by atoms with Gasteiger partial charge in [0.1, 0.15) is 0 Å². The number of anilines is 3. The van der Waals surface area contributed by atoms with Gasteiger partial charge < -0.3 is 10.2 Å². The summed E-state index contributed by atoms with van der Waals surface area (Å²) in [5.74, 6) is 1.45. The maximum atomic E-state index is 4.58. The van der Waals surface area contributed by atoms with Crippen LogP contribution in [0, 0.1) is 6.92 Å². The Morgan fingerprint density at radius 2 is 2.00 bits per heavy atom. The number of hydrogen-bond acceptors (Lipinski definition) is 5. The van der Waals surface area contributed by atoms with Crippen molar-refractivity contribution in [2.75, 3.05) is 23.3 Å². The van der Waals surface area contributed by atoms with E-state index in [1.165, 1.54) is 19.3 Å². The quantitative estimate of drug-likeness (QED) is 0.917. The highest BCUT2D eigenvalue weighted by atomic mass is 79.9. The Balaban J connectivity index is 1.79. The van der Waals surface area contributed by atoms with Crippen LogP contribution in [-0.2, 0) is 0 Å². The number of aromatic nitrogens is 3. The number of benzene rings is 1. The van der Waals surface area contributed by atoms with Gasteiger partial charge in [-0.15, -0.1) is 5.10 Å². The average Bonchev–Trinajstić information content (AvgIpc) is 2.51. The highest BCUT2D eigenvalue weighted by molar-refractivity contribution is 9.10. The number of hydrogen-bond donors (Lipinski definition) is 1. The molecule has 21 heavy (non-hydrogen) atoms. The SMILES string of the molecule is Cc1cc(Br)ccc1Nc1cnnc(N2CCCCC2)n1. The lowest BCUT2D eigenvalue weighted by atomic mass is 10.1. The second-order valence-electron chi connectivity index (χ2n) is 5.27. The molecule has 1 aliphatic heterocycles. The molecule has 1 aromatic carbocycles. The molecule has 2 heterocycles. The van der Waals surface area contributed by atoms with E-state index in [1.807, 2.05) is 12.1 Å². The maximum absolute atomic E-state index is 4.58. The van der Waals surface area contributed by atoms with Crippen molar-refractivity contribution < 1.29 is 0 Å². The second-order valence-corrected chi connectivity index (χ2v) is 6.19. The van der Waals surface area contributed by atoms with Gasteiger partial charge in [0.2, 0.25) is 5.95 Å². The molecule has 0 unspecified atom stereocenters. The summed E-state index contributed by atoms with van der Waals surface area (Å²) in [7, 11) is 0. The van der Waals surface area contributed by atoms with Gasteiger partial charge in [-0.1, -0.05) is 15.9 Å². The zero-order valence-corrected chi connectivity index (χ0v) is 13.6. The summed E-state index contributed by atoms with van der Waals surface area (Å²) in [4.78, 5) is 6.79. The van der Waals surface area contributed by atoms with Crippen molar-refractivity contribution in [2.45, 2.75) is 26.2 Å². The predicted octanol–water partition coefficient (Wildman–Crippen LogP) is 3.68. The molecule has 1 N–H and O–H groups in total. The third kappa shape index (κ3) is 3.50. The molecule has 0 bridgehead atoms. The molecular formula is C15H18BrN5. The zero-order chi connectivity index (χ0) is 14.7. The molecule has 0 spiro atoms. The maximum Gasteiger partial charge on any atom is 0.247 e. The number of halogens is 1. The summed E-state index contributed by atoms with van der Waals surface area (Å²) in [6, 6.07) is 6.11. The lowest BCUT2D eigenvalue weighted by Crippen LogP contribution is -2.31. The first kappa shape index (κ1) is 14.3. The van der Waals surface area contributed by atoms with E-state index < -0.39 is 0 Å². The fourth-order valence-electron chi connectivity index (χ4n) is 2.49. The molecule has 1 aromatic heterocycles. The largest absolute Gasteiger partial charge is 0.339 e. The monoisotopic (exact) mass is 347 g/mol. The summed E-state index contributed by atoms with van der Waals surface area (Å²) in [6.07, 6.45) is 5.36. The van der Waals surface area contributed by atoms with E-state index >= 15 is 0 Å². The highest BCUT2D eigenvalue weighted by Gasteiger charge is 2.14. The van der Waals surface area contributed by atoms with E-state index in [9.17, 15) is 0 Å². The van der Waals surface area contributed by atoms with Gasteiger partial charge in [0, 0.05) is 23.2 Å². The van der Waals surface area contributed by atoms with Crippen LogP contribution in [0.4, 0.5) is 17.5 Å². The Kier molecular flexibility index (Phi) is 4.34. The number of nitrogens with one attached hydrogen (secondary N) is 1. The molecule has 2 aromatic rings. The first-order valence-corrected chi connectivity index (χ1v) is 7.99. The van der Waals surface area contributed by atoms with Crippen molar-refractivity contribution in [3.8, 4) is 0 Å². The number of aryl methyl sites for hydroxylation is 1. The van der Waals surface area contributed by atoms with Gasteiger partial charge in [-0.2, -0.15) is 10.1 Å². The molecule has 1 aliphatic rings. The van der Waals surface area contributed by atoms with Gasteiger partial charge in [-0.25, -0.2) is 0 Å².